The largest absolute Gasteiger partial charge is 0.322 e. The van der Waals surface area contributed by atoms with E-state index in [0.717, 1.165) is 48.8 Å². The van der Waals surface area contributed by atoms with E-state index in [4.69, 9.17) is 11.6 Å². The van der Waals surface area contributed by atoms with Crippen LogP contribution in [-0.2, 0) is 27.7 Å². The zero-order chi connectivity index (χ0) is 22.9. The molecule has 32 heavy (non-hydrogen) atoms. The highest BCUT2D eigenvalue weighted by molar-refractivity contribution is 7.88. The molecule has 2 amide bonds. The van der Waals surface area contributed by atoms with Gasteiger partial charge < -0.3 is 10.6 Å². The van der Waals surface area contributed by atoms with E-state index >= 15 is 0 Å². The van der Waals surface area contributed by atoms with Crippen LogP contribution in [0, 0.1) is 5.92 Å². The molecular formula is C22H26ClN3O4S2. The van der Waals surface area contributed by atoms with Gasteiger partial charge in [-0.3, -0.25) is 9.59 Å². The molecule has 1 saturated carbocycles. The molecule has 2 aliphatic rings. The maximum atomic E-state index is 13.2. The third-order valence-corrected chi connectivity index (χ3v) is 8.15. The minimum Gasteiger partial charge on any atom is -0.322 e. The number of amides is 2. The summed E-state index contributed by atoms with van der Waals surface area (Å²) >= 11 is 7.38. The van der Waals surface area contributed by atoms with E-state index in [1.54, 1.807) is 24.3 Å². The van der Waals surface area contributed by atoms with Gasteiger partial charge in [-0.25, -0.2) is 13.1 Å². The molecule has 0 radical (unpaired) electrons. The first-order valence-electron chi connectivity index (χ1n) is 10.7. The monoisotopic (exact) mass is 495 g/mol. The average molecular weight is 496 g/mol. The number of nitrogens with one attached hydrogen (secondary N) is 3. The number of rotatable bonds is 6. The minimum absolute atomic E-state index is 0.244. The second-order valence-electron chi connectivity index (χ2n) is 8.40. The number of hydrogen-bond acceptors (Lipinski definition) is 5. The van der Waals surface area contributed by atoms with E-state index in [0.29, 0.717) is 34.1 Å². The maximum Gasteiger partial charge on any atom is 0.258 e. The van der Waals surface area contributed by atoms with E-state index in [-0.39, 0.29) is 11.8 Å². The second kappa shape index (κ2) is 9.51. The van der Waals surface area contributed by atoms with Gasteiger partial charge in [-0.05, 0) is 61.9 Å². The highest BCUT2D eigenvalue weighted by atomic mass is 35.5. The van der Waals surface area contributed by atoms with Crippen LogP contribution in [0.5, 0.6) is 0 Å². The molecule has 0 spiro atoms. The first-order chi connectivity index (χ1) is 15.2. The van der Waals surface area contributed by atoms with Crippen LogP contribution in [0.1, 0.15) is 52.9 Å². The fourth-order valence-corrected chi connectivity index (χ4v) is 6.77. The van der Waals surface area contributed by atoms with Gasteiger partial charge in [0.15, 0.2) is 0 Å². The minimum atomic E-state index is -3.42. The van der Waals surface area contributed by atoms with Crippen molar-refractivity contribution in [3.63, 3.8) is 0 Å². The molecule has 0 unspecified atom stereocenters. The van der Waals surface area contributed by atoms with Gasteiger partial charge in [-0.15, -0.1) is 11.3 Å². The molecule has 1 aromatic heterocycles. The van der Waals surface area contributed by atoms with Crippen LogP contribution in [0.3, 0.4) is 0 Å². The van der Waals surface area contributed by atoms with Crippen LogP contribution in [-0.4, -0.2) is 32.5 Å². The van der Waals surface area contributed by atoms with Gasteiger partial charge in [0.25, 0.3) is 5.91 Å². The van der Waals surface area contributed by atoms with Crippen LogP contribution in [0.4, 0.5) is 10.7 Å². The summed E-state index contributed by atoms with van der Waals surface area (Å²) in [6.07, 6.45) is 6.75. The molecule has 10 heteroatoms. The Morgan fingerprint density at radius 3 is 2.47 bits per heavy atom. The smallest absolute Gasteiger partial charge is 0.258 e. The molecule has 1 fully saturated rings. The predicted octanol–water partition coefficient (Wildman–Crippen LogP) is 4.19. The molecule has 1 aromatic carbocycles. The van der Waals surface area contributed by atoms with E-state index in [9.17, 15) is 18.0 Å². The number of fused-ring (bicyclic) bond motifs is 1. The SMILES string of the molecule is CS(=O)(=O)N[C@@H]1CCCC[C@@H]1C(=O)Nc1sc2c(c1C(=O)Nc1ccc(Cl)cc1)CCC2. The Morgan fingerprint density at radius 2 is 1.75 bits per heavy atom. The zero-order valence-electron chi connectivity index (χ0n) is 17.7. The lowest BCUT2D eigenvalue weighted by molar-refractivity contribution is -0.121. The fourth-order valence-electron chi connectivity index (χ4n) is 4.52. The molecule has 4 rings (SSSR count). The van der Waals surface area contributed by atoms with Crippen LogP contribution in [0.25, 0.3) is 0 Å². The molecule has 2 atom stereocenters. The Kier molecular flexibility index (Phi) is 6.90. The van der Waals surface area contributed by atoms with Crippen molar-refractivity contribution < 1.29 is 18.0 Å². The molecule has 1 heterocycles. The molecule has 7 nitrogen and oxygen atoms in total. The number of carbonyl (C=O) groups is 2. The second-order valence-corrected chi connectivity index (χ2v) is 11.7. The van der Waals surface area contributed by atoms with Crippen molar-refractivity contribution in [2.75, 3.05) is 16.9 Å². The van der Waals surface area contributed by atoms with Gasteiger partial charge in [-0.2, -0.15) is 0 Å². The predicted molar refractivity (Wildman–Crippen MR) is 128 cm³/mol. The molecule has 2 aromatic rings. The normalized spacial score (nSPS) is 20.6. The van der Waals surface area contributed by atoms with E-state index in [1.165, 1.54) is 11.3 Å². The van der Waals surface area contributed by atoms with Crippen LogP contribution >= 0.6 is 22.9 Å². The quantitative estimate of drug-likeness (QED) is 0.558. The summed E-state index contributed by atoms with van der Waals surface area (Å²) in [7, 11) is -3.42. The van der Waals surface area contributed by atoms with Gasteiger partial charge >= 0.3 is 0 Å². The topological polar surface area (TPSA) is 104 Å². The molecule has 0 bridgehead atoms. The van der Waals surface area contributed by atoms with Crippen molar-refractivity contribution >= 4 is 55.5 Å². The van der Waals surface area contributed by atoms with Crippen molar-refractivity contribution in [2.24, 2.45) is 5.92 Å². The lowest BCUT2D eigenvalue weighted by atomic mass is 9.84. The number of hydrogen-bond donors (Lipinski definition) is 3. The summed E-state index contributed by atoms with van der Waals surface area (Å²) in [6, 6.07) is 6.44. The summed E-state index contributed by atoms with van der Waals surface area (Å²) in [5.41, 5.74) is 2.12. The number of carbonyl (C=O) groups excluding carboxylic acids is 2. The number of anilines is 2. The molecular weight excluding hydrogens is 470 g/mol. The molecule has 172 valence electrons. The number of sulfonamides is 1. The Balaban J connectivity index is 1.56. The summed E-state index contributed by atoms with van der Waals surface area (Å²) in [5, 5.41) is 6.98. The van der Waals surface area contributed by atoms with Gasteiger partial charge in [0.1, 0.15) is 5.00 Å². The lowest BCUT2D eigenvalue weighted by Gasteiger charge is -2.30. The summed E-state index contributed by atoms with van der Waals surface area (Å²) < 4.78 is 26.1. The number of thiophene rings is 1. The van der Waals surface area contributed by atoms with Crippen LogP contribution in [0.2, 0.25) is 5.02 Å². The van der Waals surface area contributed by atoms with Gasteiger partial charge in [0.05, 0.1) is 17.7 Å². The maximum absolute atomic E-state index is 13.2. The van der Waals surface area contributed by atoms with Crippen molar-refractivity contribution in [3.05, 3.63) is 45.3 Å². The fraction of sp³-hybridized carbons (Fsp3) is 0.455. The van der Waals surface area contributed by atoms with Crippen molar-refractivity contribution in [1.29, 1.82) is 0 Å². The van der Waals surface area contributed by atoms with Crippen molar-refractivity contribution in [1.82, 2.24) is 4.72 Å². The molecule has 0 aliphatic heterocycles. The first kappa shape index (κ1) is 23.2. The van der Waals surface area contributed by atoms with E-state index in [1.807, 2.05) is 0 Å². The van der Waals surface area contributed by atoms with Crippen LogP contribution in [0.15, 0.2) is 24.3 Å². The number of halogens is 1. The Labute approximate surface area is 197 Å². The summed E-state index contributed by atoms with van der Waals surface area (Å²) in [4.78, 5) is 27.5. The first-order valence-corrected chi connectivity index (χ1v) is 13.8. The molecule has 0 saturated heterocycles. The highest BCUT2D eigenvalue weighted by Gasteiger charge is 2.34. The third kappa shape index (κ3) is 5.33. The van der Waals surface area contributed by atoms with Crippen molar-refractivity contribution in [2.45, 2.75) is 51.0 Å². The standard InChI is InChI=1S/C22H26ClN3O4S2/c1-32(29,30)26-17-7-3-2-5-15(17)20(27)25-22-19(16-6-4-8-18(16)31-22)21(28)24-14-11-9-13(23)10-12-14/h9-12,15,17,26H,2-8H2,1H3,(H,24,28)(H,25,27)/t15-,17+/m0/s1. The average Bonchev–Trinajstić information content (AvgIpc) is 3.29. The third-order valence-electron chi connectivity index (χ3n) is 5.96. The highest BCUT2D eigenvalue weighted by Crippen LogP contribution is 2.40. The lowest BCUT2D eigenvalue weighted by Crippen LogP contribution is -2.46. The van der Waals surface area contributed by atoms with Gasteiger partial charge in [0, 0.05) is 21.6 Å². The Bertz CT molecular complexity index is 1130. The van der Waals surface area contributed by atoms with Crippen molar-refractivity contribution in [3.8, 4) is 0 Å². The van der Waals surface area contributed by atoms with E-state index < -0.39 is 22.0 Å². The van der Waals surface area contributed by atoms with Gasteiger partial charge in [-0.1, -0.05) is 24.4 Å². The molecule has 3 N–H and O–H groups in total. The van der Waals surface area contributed by atoms with Gasteiger partial charge in [0.2, 0.25) is 15.9 Å². The Hall–Kier alpha value is -1.94. The summed E-state index contributed by atoms with van der Waals surface area (Å²) in [6.45, 7) is 0. The number of aryl methyl sites for hydroxylation is 1. The van der Waals surface area contributed by atoms with Crippen LogP contribution < -0.4 is 15.4 Å². The summed E-state index contributed by atoms with van der Waals surface area (Å²) in [5.74, 6) is -0.981. The van der Waals surface area contributed by atoms with E-state index in [2.05, 4.69) is 15.4 Å². The molecule has 2 aliphatic carbocycles. The number of benzene rings is 1. The zero-order valence-corrected chi connectivity index (χ0v) is 20.1. The Morgan fingerprint density at radius 1 is 1.03 bits per heavy atom.